The molecule has 0 saturated heterocycles. The van der Waals surface area contributed by atoms with Crippen LogP contribution in [0.3, 0.4) is 0 Å². The molecule has 2 saturated carbocycles. The van der Waals surface area contributed by atoms with E-state index in [1.165, 1.54) is 38.5 Å². The first-order valence-electron chi connectivity index (χ1n) is 7.90. The fourth-order valence-corrected chi connectivity index (χ4v) is 3.47. The summed E-state index contributed by atoms with van der Waals surface area (Å²) in [5.74, 6) is 0.959. The number of amides is 1. The first-order chi connectivity index (χ1) is 9.29. The first-order valence-corrected chi connectivity index (χ1v) is 7.90. The molecule has 0 spiro atoms. The highest BCUT2D eigenvalue weighted by atomic mass is 16.3. The average molecular weight is 268 g/mol. The van der Waals surface area contributed by atoms with Crippen LogP contribution in [0.15, 0.2) is 0 Å². The monoisotopic (exact) mass is 268 g/mol. The Bertz CT molecular complexity index is 277. The van der Waals surface area contributed by atoms with Crippen LogP contribution < -0.4 is 10.6 Å². The number of aliphatic hydroxyl groups excluding tert-OH is 1. The van der Waals surface area contributed by atoms with Gasteiger partial charge in [0.25, 0.3) is 0 Å². The van der Waals surface area contributed by atoms with Crippen LogP contribution in [0, 0.1) is 11.8 Å². The van der Waals surface area contributed by atoms with Gasteiger partial charge in [-0.25, -0.2) is 0 Å². The maximum absolute atomic E-state index is 11.8. The van der Waals surface area contributed by atoms with Gasteiger partial charge in [0.15, 0.2) is 0 Å². The summed E-state index contributed by atoms with van der Waals surface area (Å²) >= 11 is 0. The molecular formula is C15H28N2O2. The molecule has 0 aromatic heterocycles. The van der Waals surface area contributed by atoms with Gasteiger partial charge >= 0.3 is 0 Å². The van der Waals surface area contributed by atoms with Crippen LogP contribution in [0.1, 0.15) is 51.4 Å². The minimum atomic E-state index is 0.106. The molecule has 0 heterocycles. The van der Waals surface area contributed by atoms with Crippen LogP contribution in [0.5, 0.6) is 0 Å². The van der Waals surface area contributed by atoms with E-state index in [0.717, 1.165) is 19.4 Å². The summed E-state index contributed by atoms with van der Waals surface area (Å²) in [5, 5.41) is 15.7. The molecule has 1 amide bonds. The Morgan fingerprint density at radius 2 is 1.63 bits per heavy atom. The van der Waals surface area contributed by atoms with Crippen LogP contribution in [-0.4, -0.2) is 36.8 Å². The molecule has 2 aliphatic rings. The second-order valence-electron chi connectivity index (χ2n) is 6.15. The van der Waals surface area contributed by atoms with E-state index in [1.54, 1.807) is 0 Å². The second kappa shape index (κ2) is 7.85. The molecule has 0 aromatic rings. The lowest BCUT2D eigenvalue weighted by atomic mass is 9.79. The summed E-state index contributed by atoms with van der Waals surface area (Å²) in [4.78, 5) is 11.8. The van der Waals surface area contributed by atoms with Crippen molar-refractivity contribution in [3.05, 3.63) is 0 Å². The van der Waals surface area contributed by atoms with E-state index in [-0.39, 0.29) is 12.5 Å². The van der Waals surface area contributed by atoms with Gasteiger partial charge in [0.2, 0.25) is 5.91 Å². The van der Waals surface area contributed by atoms with Crippen molar-refractivity contribution in [2.24, 2.45) is 11.8 Å². The molecule has 0 radical (unpaired) electrons. The van der Waals surface area contributed by atoms with Gasteiger partial charge in [-0.3, -0.25) is 4.79 Å². The van der Waals surface area contributed by atoms with E-state index in [2.05, 4.69) is 10.6 Å². The van der Waals surface area contributed by atoms with E-state index in [1.807, 2.05) is 0 Å². The van der Waals surface area contributed by atoms with Gasteiger partial charge in [-0.15, -0.1) is 0 Å². The zero-order valence-corrected chi connectivity index (χ0v) is 11.9. The van der Waals surface area contributed by atoms with Gasteiger partial charge in [-0.05, 0) is 37.5 Å². The minimum absolute atomic E-state index is 0.106. The molecule has 0 aromatic carbocycles. The van der Waals surface area contributed by atoms with Crippen molar-refractivity contribution in [3.63, 3.8) is 0 Å². The van der Waals surface area contributed by atoms with E-state index >= 15 is 0 Å². The molecule has 4 nitrogen and oxygen atoms in total. The number of carbonyl (C=O) groups excluding carboxylic acids is 1. The van der Waals surface area contributed by atoms with Crippen molar-refractivity contribution in [1.29, 1.82) is 0 Å². The molecule has 0 aliphatic heterocycles. The van der Waals surface area contributed by atoms with Crippen LogP contribution in [0.4, 0.5) is 0 Å². The Kier molecular flexibility index (Phi) is 6.11. The lowest BCUT2D eigenvalue weighted by molar-refractivity contribution is -0.120. The molecule has 19 heavy (non-hydrogen) atoms. The van der Waals surface area contributed by atoms with Crippen molar-refractivity contribution in [1.82, 2.24) is 10.6 Å². The van der Waals surface area contributed by atoms with Crippen LogP contribution in [0.2, 0.25) is 0 Å². The Labute approximate surface area is 116 Å². The van der Waals surface area contributed by atoms with E-state index in [9.17, 15) is 9.90 Å². The minimum Gasteiger partial charge on any atom is -0.396 e. The van der Waals surface area contributed by atoms with Crippen LogP contribution in [0.25, 0.3) is 0 Å². The summed E-state index contributed by atoms with van der Waals surface area (Å²) in [6.07, 6.45) is 9.71. The van der Waals surface area contributed by atoms with Gasteiger partial charge in [-0.1, -0.05) is 25.7 Å². The third-order valence-electron chi connectivity index (χ3n) is 4.77. The van der Waals surface area contributed by atoms with Crippen LogP contribution in [-0.2, 0) is 4.79 Å². The summed E-state index contributed by atoms with van der Waals surface area (Å²) in [6, 6.07) is 0.547. The zero-order chi connectivity index (χ0) is 13.5. The number of carbonyl (C=O) groups is 1. The quantitative estimate of drug-likeness (QED) is 0.683. The number of hydrogen-bond acceptors (Lipinski definition) is 3. The fourth-order valence-electron chi connectivity index (χ4n) is 3.47. The third kappa shape index (κ3) is 4.77. The molecule has 2 unspecified atom stereocenters. The summed E-state index contributed by atoms with van der Waals surface area (Å²) in [6.45, 7) is 1.44. The van der Waals surface area contributed by atoms with Crippen molar-refractivity contribution in [2.75, 3.05) is 19.7 Å². The molecule has 2 atom stereocenters. The Balaban J connectivity index is 1.61. The summed E-state index contributed by atoms with van der Waals surface area (Å²) < 4.78 is 0. The molecule has 2 rings (SSSR count). The summed E-state index contributed by atoms with van der Waals surface area (Å²) in [7, 11) is 0. The van der Waals surface area contributed by atoms with Gasteiger partial charge in [0.05, 0.1) is 6.54 Å². The standard InChI is InChI=1S/C15H28N2O2/c18-11-13-6-2-1-5-12(13)9-17-15(19)10-16-14-7-3-4-8-14/h12-14,16,18H,1-11H2,(H,17,19). The molecule has 3 N–H and O–H groups in total. The fraction of sp³-hybridized carbons (Fsp3) is 0.933. The molecule has 2 fully saturated rings. The van der Waals surface area contributed by atoms with Crippen molar-refractivity contribution in [2.45, 2.75) is 57.4 Å². The Hall–Kier alpha value is -0.610. The lowest BCUT2D eigenvalue weighted by Crippen LogP contribution is -2.41. The second-order valence-corrected chi connectivity index (χ2v) is 6.15. The lowest BCUT2D eigenvalue weighted by Gasteiger charge is -2.30. The smallest absolute Gasteiger partial charge is 0.233 e. The number of rotatable bonds is 6. The van der Waals surface area contributed by atoms with Gasteiger partial charge in [0, 0.05) is 19.2 Å². The highest BCUT2D eigenvalue weighted by molar-refractivity contribution is 5.78. The third-order valence-corrected chi connectivity index (χ3v) is 4.77. The molecule has 4 heteroatoms. The highest BCUT2D eigenvalue weighted by Crippen LogP contribution is 2.29. The Morgan fingerprint density at radius 3 is 2.32 bits per heavy atom. The van der Waals surface area contributed by atoms with Gasteiger partial charge in [-0.2, -0.15) is 0 Å². The molecule has 2 aliphatic carbocycles. The maximum Gasteiger partial charge on any atom is 0.233 e. The van der Waals surface area contributed by atoms with Crippen molar-refractivity contribution in [3.8, 4) is 0 Å². The van der Waals surface area contributed by atoms with Gasteiger partial charge in [0.1, 0.15) is 0 Å². The maximum atomic E-state index is 11.8. The summed E-state index contributed by atoms with van der Waals surface area (Å²) in [5.41, 5.74) is 0. The number of aliphatic hydroxyl groups is 1. The normalized spacial score (nSPS) is 28.5. The predicted molar refractivity (Wildman–Crippen MR) is 75.8 cm³/mol. The van der Waals surface area contributed by atoms with E-state index in [4.69, 9.17) is 0 Å². The van der Waals surface area contributed by atoms with Crippen molar-refractivity contribution < 1.29 is 9.90 Å². The molecule has 110 valence electrons. The van der Waals surface area contributed by atoms with Gasteiger partial charge < -0.3 is 15.7 Å². The van der Waals surface area contributed by atoms with Crippen molar-refractivity contribution >= 4 is 5.91 Å². The van der Waals surface area contributed by atoms with Crippen LogP contribution >= 0.6 is 0 Å². The zero-order valence-electron chi connectivity index (χ0n) is 11.9. The average Bonchev–Trinajstić information content (AvgIpc) is 2.96. The SMILES string of the molecule is O=C(CNC1CCCC1)NCC1CCCCC1CO. The highest BCUT2D eigenvalue weighted by Gasteiger charge is 2.24. The Morgan fingerprint density at radius 1 is 1.00 bits per heavy atom. The number of nitrogens with one attached hydrogen (secondary N) is 2. The molecular weight excluding hydrogens is 240 g/mol. The van der Waals surface area contributed by atoms with E-state index in [0.29, 0.717) is 24.4 Å². The first kappa shape index (κ1) is 14.8. The van der Waals surface area contributed by atoms with E-state index < -0.39 is 0 Å². The predicted octanol–water partition coefficient (Wildman–Crippen LogP) is 1.43. The molecule has 0 bridgehead atoms. The largest absolute Gasteiger partial charge is 0.396 e. The number of hydrogen-bond donors (Lipinski definition) is 3. The topological polar surface area (TPSA) is 61.4 Å².